The van der Waals surface area contributed by atoms with Crippen molar-refractivity contribution in [2.24, 2.45) is 0 Å². The maximum atomic E-state index is 4.98. The zero-order valence-electron chi connectivity index (χ0n) is 11.5. The minimum Gasteiger partial charge on any atom is -0.383 e. The molecule has 0 amide bonds. The van der Waals surface area contributed by atoms with Crippen molar-refractivity contribution in [1.82, 2.24) is 25.5 Å². The predicted octanol–water partition coefficient (Wildman–Crippen LogP) is 1.31. The van der Waals surface area contributed by atoms with Crippen LogP contribution in [0.15, 0.2) is 22.0 Å². The summed E-state index contributed by atoms with van der Waals surface area (Å²) in [5.41, 5.74) is 1.38. The second-order valence-electron chi connectivity index (χ2n) is 4.16. The SMILES string of the molecule is COCCNCCn1nnnc1SCCc1ccsc1. The number of aryl methyl sites for hydroxylation is 1. The molecule has 0 unspecified atom stereocenters. The minimum absolute atomic E-state index is 0.720. The topological polar surface area (TPSA) is 64.9 Å². The molecule has 2 rings (SSSR count). The maximum absolute atomic E-state index is 4.98. The molecule has 0 fully saturated rings. The van der Waals surface area contributed by atoms with E-state index in [2.05, 4.69) is 37.7 Å². The van der Waals surface area contributed by atoms with Crippen molar-refractivity contribution in [1.29, 1.82) is 0 Å². The molecule has 0 spiro atoms. The van der Waals surface area contributed by atoms with Gasteiger partial charge in [0.2, 0.25) is 5.16 Å². The summed E-state index contributed by atoms with van der Waals surface area (Å²) in [6.07, 6.45) is 1.05. The van der Waals surface area contributed by atoms with Crippen molar-refractivity contribution >= 4 is 23.1 Å². The van der Waals surface area contributed by atoms with E-state index in [-0.39, 0.29) is 0 Å². The summed E-state index contributed by atoms with van der Waals surface area (Å²) in [5.74, 6) is 0.994. The summed E-state index contributed by atoms with van der Waals surface area (Å²) in [7, 11) is 1.70. The van der Waals surface area contributed by atoms with E-state index in [1.165, 1.54) is 5.56 Å². The van der Waals surface area contributed by atoms with Crippen molar-refractivity contribution in [2.45, 2.75) is 18.1 Å². The highest BCUT2D eigenvalue weighted by atomic mass is 32.2. The summed E-state index contributed by atoms with van der Waals surface area (Å²) in [6.45, 7) is 3.18. The smallest absolute Gasteiger partial charge is 0.209 e. The van der Waals surface area contributed by atoms with E-state index in [0.29, 0.717) is 0 Å². The van der Waals surface area contributed by atoms with Gasteiger partial charge in [-0.05, 0) is 39.2 Å². The van der Waals surface area contributed by atoms with Crippen LogP contribution in [0.4, 0.5) is 0 Å². The summed E-state index contributed by atoms with van der Waals surface area (Å²) in [6, 6.07) is 2.16. The Hall–Kier alpha value is -0.960. The predicted molar refractivity (Wildman–Crippen MR) is 81.3 cm³/mol. The van der Waals surface area contributed by atoms with E-state index in [1.54, 1.807) is 30.2 Å². The third-order valence-electron chi connectivity index (χ3n) is 2.68. The van der Waals surface area contributed by atoms with Gasteiger partial charge in [0.05, 0.1) is 13.2 Å². The van der Waals surface area contributed by atoms with E-state index < -0.39 is 0 Å². The summed E-state index contributed by atoms with van der Waals surface area (Å²) < 4.78 is 6.82. The molecule has 2 heterocycles. The third kappa shape index (κ3) is 5.20. The minimum atomic E-state index is 0.720. The quantitative estimate of drug-likeness (QED) is 0.527. The number of tetrazole rings is 1. The van der Waals surface area contributed by atoms with Crippen LogP contribution >= 0.6 is 23.1 Å². The van der Waals surface area contributed by atoms with Gasteiger partial charge in [0.15, 0.2) is 0 Å². The van der Waals surface area contributed by atoms with E-state index in [0.717, 1.165) is 43.6 Å². The number of methoxy groups -OCH3 is 1. The Morgan fingerprint density at radius 1 is 1.45 bits per heavy atom. The fourth-order valence-electron chi connectivity index (χ4n) is 1.62. The number of aromatic nitrogens is 4. The maximum Gasteiger partial charge on any atom is 0.209 e. The standard InChI is InChI=1S/C12H19N5OS2/c1-18-7-5-13-4-6-17-12(14-15-16-17)20-9-3-11-2-8-19-10-11/h2,8,10,13H,3-7,9H2,1H3. The summed E-state index contributed by atoms with van der Waals surface area (Å²) >= 11 is 3.43. The van der Waals surface area contributed by atoms with Crippen LogP contribution in [0.3, 0.4) is 0 Å². The number of nitrogens with one attached hydrogen (secondary N) is 1. The molecule has 1 N–H and O–H groups in total. The van der Waals surface area contributed by atoms with Crippen LogP contribution in [0, 0.1) is 0 Å². The van der Waals surface area contributed by atoms with Crippen molar-refractivity contribution in [2.75, 3.05) is 32.6 Å². The molecule has 0 atom stereocenters. The molecule has 0 aliphatic heterocycles. The molecule has 2 aromatic heterocycles. The van der Waals surface area contributed by atoms with Crippen LogP contribution in [-0.2, 0) is 17.7 Å². The first-order valence-corrected chi connectivity index (χ1v) is 8.42. The largest absolute Gasteiger partial charge is 0.383 e. The molecule has 2 aromatic rings. The Bertz CT molecular complexity index is 474. The van der Waals surface area contributed by atoms with Crippen LogP contribution in [0.2, 0.25) is 0 Å². The molecule has 0 radical (unpaired) electrons. The van der Waals surface area contributed by atoms with Crippen molar-refractivity contribution in [3.8, 4) is 0 Å². The fourth-order valence-corrected chi connectivity index (χ4v) is 3.21. The number of rotatable bonds is 10. The molecule has 0 saturated carbocycles. The molecule has 0 bridgehead atoms. The molecule has 0 saturated heterocycles. The van der Waals surface area contributed by atoms with Crippen LogP contribution in [0.1, 0.15) is 5.56 Å². The number of thiophene rings is 1. The van der Waals surface area contributed by atoms with Crippen LogP contribution < -0.4 is 5.32 Å². The van der Waals surface area contributed by atoms with Crippen molar-refractivity contribution < 1.29 is 4.74 Å². The van der Waals surface area contributed by atoms with E-state index >= 15 is 0 Å². The van der Waals surface area contributed by atoms with Gasteiger partial charge in [-0.1, -0.05) is 11.8 Å². The zero-order valence-corrected chi connectivity index (χ0v) is 13.1. The Morgan fingerprint density at radius 3 is 3.20 bits per heavy atom. The zero-order chi connectivity index (χ0) is 14.0. The number of hydrogen-bond acceptors (Lipinski definition) is 7. The molecular formula is C12H19N5OS2. The van der Waals surface area contributed by atoms with E-state index in [9.17, 15) is 0 Å². The molecule has 0 aromatic carbocycles. The summed E-state index contributed by atoms with van der Waals surface area (Å²) in [5, 5.41) is 20.3. The van der Waals surface area contributed by atoms with Crippen molar-refractivity contribution in [3.63, 3.8) is 0 Å². The van der Waals surface area contributed by atoms with Crippen LogP contribution in [0.25, 0.3) is 0 Å². The van der Waals surface area contributed by atoms with Crippen LogP contribution in [0.5, 0.6) is 0 Å². The molecule has 8 heteroatoms. The lowest BCUT2D eigenvalue weighted by molar-refractivity contribution is 0.199. The highest BCUT2D eigenvalue weighted by Crippen LogP contribution is 2.16. The average molecular weight is 313 g/mol. The van der Waals surface area contributed by atoms with Gasteiger partial charge in [-0.15, -0.1) is 5.10 Å². The molecular weight excluding hydrogens is 294 g/mol. The molecule has 20 heavy (non-hydrogen) atoms. The van der Waals surface area contributed by atoms with Gasteiger partial charge in [-0.2, -0.15) is 11.3 Å². The number of nitrogens with zero attached hydrogens (tertiary/aromatic N) is 4. The first-order chi connectivity index (χ1) is 9.90. The third-order valence-corrected chi connectivity index (χ3v) is 4.38. The molecule has 110 valence electrons. The first kappa shape index (κ1) is 15.4. The van der Waals surface area contributed by atoms with Gasteiger partial charge in [0.1, 0.15) is 0 Å². The van der Waals surface area contributed by atoms with Gasteiger partial charge in [-0.3, -0.25) is 0 Å². The number of ether oxygens (including phenoxy) is 1. The van der Waals surface area contributed by atoms with Crippen LogP contribution in [-0.4, -0.2) is 52.8 Å². The highest BCUT2D eigenvalue weighted by Gasteiger charge is 2.06. The van der Waals surface area contributed by atoms with E-state index in [4.69, 9.17) is 4.74 Å². The normalized spacial score (nSPS) is 11.1. The lowest BCUT2D eigenvalue weighted by Gasteiger charge is -2.05. The second-order valence-corrected chi connectivity index (χ2v) is 6.00. The molecule has 6 nitrogen and oxygen atoms in total. The number of thioether (sulfide) groups is 1. The number of hydrogen-bond donors (Lipinski definition) is 1. The van der Waals surface area contributed by atoms with E-state index in [1.807, 2.05) is 4.68 Å². The summed E-state index contributed by atoms with van der Waals surface area (Å²) in [4.78, 5) is 0. The lowest BCUT2D eigenvalue weighted by Crippen LogP contribution is -2.24. The molecule has 0 aliphatic carbocycles. The second kappa shape index (κ2) is 9.06. The Labute approximate surface area is 126 Å². The van der Waals surface area contributed by atoms with Gasteiger partial charge in [-0.25, -0.2) is 4.68 Å². The fraction of sp³-hybridized carbons (Fsp3) is 0.583. The van der Waals surface area contributed by atoms with Gasteiger partial charge < -0.3 is 10.1 Å². The highest BCUT2D eigenvalue weighted by molar-refractivity contribution is 7.99. The Morgan fingerprint density at radius 2 is 2.40 bits per heavy atom. The Balaban J connectivity index is 1.68. The van der Waals surface area contributed by atoms with Gasteiger partial charge in [0.25, 0.3) is 0 Å². The van der Waals surface area contributed by atoms with Gasteiger partial charge in [0, 0.05) is 26.0 Å². The lowest BCUT2D eigenvalue weighted by atomic mass is 10.3. The average Bonchev–Trinajstić information content (AvgIpc) is 3.11. The molecule has 0 aliphatic rings. The van der Waals surface area contributed by atoms with Gasteiger partial charge >= 0.3 is 0 Å². The first-order valence-electron chi connectivity index (χ1n) is 6.50. The Kier molecular flexibility index (Phi) is 6.99. The monoisotopic (exact) mass is 313 g/mol. The van der Waals surface area contributed by atoms with Crippen molar-refractivity contribution in [3.05, 3.63) is 22.4 Å².